The van der Waals surface area contributed by atoms with Crippen molar-refractivity contribution in [3.8, 4) is 0 Å². The highest BCUT2D eigenvalue weighted by Crippen LogP contribution is 2.34. The normalized spacial score (nSPS) is 20.2. The third kappa shape index (κ3) is 4.55. The maximum atomic E-state index is 13.5. The lowest BCUT2D eigenvalue weighted by Crippen LogP contribution is -2.34. The second-order valence-corrected chi connectivity index (χ2v) is 7.61. The Kier molecular flexibility index (Phi) is 6.09. The van der Waals surface area contributed by atoms with Crippen molar-refractivity contribution in [2.45, 2.75) is 44.7 Å². The van der Waals surface area contributed by atoms with Crippen molar-refractivity contribution in [2.24, 2.45) is 0 Å². The van der Waals surface area contributed by atoms with Crippen molar-refractivity contribution in [3.05, 3.63) is 52.3 Å². The van der Waals surface area contributed by atoms with E-state index in [0.717, 1.165) is 0 Å². The molecule has 0 aliphatic carbocycles. The molecule has 0 radical (unpaired) electrons. The van der Waals surface area contributed by atoms with Crippen molar-refractivity contribution < 1.29 is 28.2 Å². The molecule has 0 unspecified atom stereocenters. The van der Waals surface area contributed by atoms with Gasteiger partial charge in [0.15, 0.2) is 11.9 Å². The zero-order valence-electron chi connectivity index (χ0n) is 17.9. The lowest BCUT2D eigenvalue weighted by molar-refractivity contribution is -0.153. The molecule has 33 heavy (non-hydrogen) atoms. The summed E-state index contributed by atoms with van der Waals surface area (Å²) >= 11 is 0. The van der Waals surface area contributed by atoms with Crippen molar-refractivity contribution in [1.82, 2.24) is 19.1 Å². The average Bonchev–Trinajstić information content (AvgIpc) is 3.26. The van der Waals surface area contributed by atoms with Crippen LogP contribution in [0.1, 0.15) is 31.6 Å². The number of benzene rings is 1. The van der Waals surface area contributed by atoms with Crippen molar-refractivity contribution in [2.75, 3.05) is 12.8 Å². The van der Waals surface area contributed by atoms with E-state index in [9.17, 15) is 18.8 Å². The Labute approximate surface area is 186 Å². The summed E-state index contributed by atoms with van der Waals surface area (Å²) in [7, 11) is 1.26. The predicted octanol–water partition coefficient (Wildman–Crippen LogP) is 1.14. The molecule has 12 heteroatoms. The molecule has 0 saturated carbocycles. The van der Waals surface area contributed by atoms with Gasteiger partial charge < -0.3 is 19.9 Å². The first kappa shape index (κ1) is 22.4. The van der Waals surface area contributed by atoms with Gasteiger partial charge in [-0.1, -0.05) is 12.1 Å². The first-order valence-corrected chi connectivity index (χ1v) is 10.1. The van der Waals surface area contributed by atoms with Gasteiger partial charge in [-0.3, -0.25) is 14.2 Å². The monoisotopic (exact) mass is 459 g/mol. The van der Waals surface area contributed by atoms with E-state index in [1.807, 2.05) is 0 Å². The minimum Gasteiger partial charge on any atom is -0.469 e. The summed E-state index contributed by atoms with van der Waals surface area (Å²) in [5.41, 5.74) is 6.46. The van der Waals surface area contributed by atoms with Crippen LogP contribution in [-0.4, -0.2) is 50.4 Å². The van der Waals surface area contributed by atoms with Gasteiger partial charge in [-0.2, -0.15) is 4.98 Å². The van der Waals surface area contributed by atoms with Crippen molar-refractivity contribution >= 4 is 29.1 Å². The first-order valence-electron chi connectivity index (χ1n) is 10.1. The zero-order valence-corrected chi connectivity index (χ0v) is 17.9. The Hall–Kier alpha value is -3.80. The topological polar surface area (TPSA) is 141 Å². The third-order valence-electron chi connectivity index (χ3n) is 5.32. The van der Waals surface area contributed by atoms with Crippen LogP contribution in [0, 0.1) is 5.82 Å². The number of nitrogens with zero attached hydrogens (tertiary/aromatic N) is 4. The van der Waals surface area contributed by atoms with Crippen LogP contribution in [0.15, 0.2) is 35.3 Å². The van der Waals surface area contributed by atoms with Crippen molar-refractivity contribution in [1.29, 1.82) is 0 Å². The quantitative estimate of drug-likeness (QED) is 0.537. The van der Waals surface area contributed by atoms with E-state index >= 15 is 0 Å². The van der Waals surface area contributed by atoms with E-state index in [1.165, 1.54) is 41.5 Å². The van der Waals surface area contributed by atoms with Gasteiger partial charge in [-0.05, 0) is 17.7 Å². The first-order chi connectivity index (χ1) is 15.8. The Morgan fingerprint density at radius 2 is 2.03 bits per heavy atom. The Balaban J connectivity index is 1.79. The van der Waals surface area contributed by atoms with Gasteiger partial charge in [-0.15, -0.1) is 0 Å². The number of nitrogens with two attached hydrogens (primary N) is 1. The molecular weight excluding hydrogens is 437 g/mol. The minimum absolute atomic E-state index is 0.0664. The predicted molar refractivity (Wildman–Crippen MR) is 112 cm³/mol. The molecule has 2 N–H and O–H groups in total. The molecule has 174 valence electrons. The Morgan fingerprint density at radius 1 is 1.30 bits per heavy atom. The van der Waals surface area contributed by atoms with Gasteiger partial charge in [0.1, 0.15) is 17.4 Å². The fourth-order valence-electron chi connectivity index (χ4n) is 3.89. The molecule has 11 nitrogen and oxygen atoms in total. The number of nitrogen functional groups attached to an aromatic ring is 1. The molecule has 1 aliphatic heterocycles. The number of anilines is 1. The largest absolute Gasteiger partial charge is 0.469 e. The van der Waals surface area contributed by atoms with Crippen LogP contribution in [0.5, 0.6) is 0 Å². The van der Waals surface area contributed by atoms with Crippen LogP contribution < -0.4 is 11.4 Å². The number of carbonyl (C=O) groups excluding carboxylic acids is 2. The summed E-state index contributed by atoms with van der Waals surface area (Å²) in [4.78, 5) is 45.1. The highest BCUT2D eigenvalue weighted by atomic mass is 19.1. The smallest absolute Gasteiger partial charge is 0.332 e. The molecule has 1 aliphatic rings. The third-order valence-corrected chi connectivity index (χ3v) is 5.32. The van der Waals surface area contributed by atoms with Crippen molar-refractivity contribution in [3.63, 3.8) is 0 Å². The maximum absolute atomic E-state index is 13.5. The molecule has 4 rings (SSSR count). The summed E-state index contributed by atoms with van der Waals surface area (Å²) < 4.78 is 32.0. The van der Waals surface area contributed by atoms with Gasteiger partial charge in [0.05, 0.1) is 32.4 Å². The SMILES string of the molecule is COC(=O)C[C@@H]1C[C@@H](OC(C)=O)[C@H](n2c(=O)n(Cc3ccc(F)cc3)c3cnc(N)nc32)O1. The second kappa shape index (κ2) is 8.98. The molecule has 2 aromatic heterocycles. The van der Waals surface area contributed by atoms with E-state index in [-0.39, 0.29) is 31.0 Å². The summed E-state index contributed by atoms with van der Waals surface area (Å²) in [5.74, 6) is -1.53. The number of ether oxygens (including phenoxy) is 3. The molecule has 0 bridgehead atoms. The molecule has 3 heterocycles. The number of fused-ring (bicyclic) bond motifs is 1. The summed E-state index contributed by atoms with van der Waals surface area (Å²) in [5, 5.41) is 0. The van der Waals surface area contributed by atoms with Crippen LogP contribution in [0.4, 0.5) is 10.3 Å². The minimum atomic E-state index is -1.05. The number of halogens is 1. The molecule has 1 fully saturated rings. The molecule has 3 atom stereocenters. The van der Waals surface area contributed by atoms with E-state index in [1.54, 1.807) is 12.1 Å². The lowest BCUT2D eigenvalue weighted by atomic mass is 10.1. The standard InChI is InChI=1S/C21H22FN5O6/c1-11(28)32-16-7-14(8-17(29)31-2)33-19(16)27-18-15(9-24-20(23)25-18)26(21(27)30)10-12-3-5-13(22)6-4-12/h3-6,9,14,16,19H,7-8,10H2,1-2H3,(H2,23,24,25)/t14-,16+,19+/m0/s1. The summed E-state index contributed by atoms with van der Waals surface area (Å²) in [6, 6.07) is 5.71. The van der Waals surface area contributed by atoms with Crippen LogP contribution in [0.3, 0.4) is 0 Å². The number of esters is 2. The molecule has 0 spiro atoms. The lowest BCUT2D eigenvalue weighted by Gasteiger charge is -2.19. The number of aromatic nitrogens is 4. The zero-order chi connectivity index (χ0) is 23.7. The fraction of sp³-hybridized carbons (Fsp3) is 0.381. The number of methoxy groups -OCH3 is 1. The van der Waals surface area contributed by atoms with Gasteiger partial charge in [0.25, 0.3) is 0 Å². The molecular formula is C21H22FN5O6. The molecule has 1 saturated heterocycles. The van der Waals surface area contributed by atoms with Gasteiger partial charge in [0.2, 0.25) is 5.95 Å². The number of rotatable bonds is 6. The van der Waals surface area contributed by atoms with Crippen LogP contribution in [0.2, 0.25) is 0 Å². The average molecular weight is 459 g/mol. The molecule has 0 amide bonds. The molecule has 3 aromatic rings. The van der Waals surface area contributed by atoms with E-state index in [2.05, 4.69) is 9.97 Å². The number of hydrogen-bond acceptors (Lipinski definition) is 9. The summed E-state index contributed by atoms with van der Waals surface area (Å²) in [6.07, 6.45) is -1.05. The number of carbonyl (C=O) groups is 2. The van der Waals surface area contributed by atoms with E-state index in [0.29, 0.717) is 11.1 Å². The number of imidazole rings is 1. The Bertz CT molecular complexity index is 1250. The van der Waals surface area contributed by atoms with E-state index in [4.69, 9.17) is 19.9 Å². The summed E-state index contributed by atoms with van der Waals surface area (Å²) in [6.45, 7) is 1.35. The van der Waals surface area contributed by atoms with Crippen LogP contribution in [0.25, 0.3) is 11.2 Å². The highest BCUT2D eigenvalue weighted by Gasteiger charge is 2.42. The second-order valence-electron chi connectivity index (χ2n) is 7.61. The van der Waals surface area contributed by atoms with Crippen LogP contribution in [-0.2, 0) is 30.3 Å². The van der Waals surface area contributed by atoms with Gasteiger partial charge in [0, 0.05) is 13.3 Å². The Morgan fingerprint density at radius 3 is 2.70 bits per heavy atom. The maximum Gasteiger partial charge on any atom is 0.332 e. The number of hydrogen-bond donors (Lipinski definition) is 1. The van der Waals surface area contributed by atoms with Gasteiger partial charge >= 0.3 is 17.6 Å². The highest BCUT2D eigenvalue weighted by molar-refractivity contribution is 5.72. The molecule has 1 aromatic carbocycles. The fourth-order valence-corrected chi connectivity index (χ4v) is 3.89. The van der Waals surface area contributed by atoms with Crippen LogP contribution >= 0.6 is 0 Å². The van der Waals surface area contributed by atoms with Gasteiger partial charge in [-0.25, -0.2) is 18.7 Å². The van der Waals surface area contributed by atoms with E-state index < -0.39 is 41.9 Å².